The highest BCUT2D eigenvalue weighted by Crippen LogP contribution is 2.56. The zero-order valence-corrected chi connectivity index (χ0v) is 27.9. The maximum absolute atomic E-state index is 5.25. The van der Waals surface area contributed by atoms with Crippen LogP contribution in [0.4, 0.5) is 0 Å². The van der Waals surface area contributed by atoms with Crippen LogP contribution in [-0.2, 0) is 5.41 Å². The highest BCUT2D eigenvalue weighted by atomic mass is 32.1. The summed E-state index contributed by atoms with van der Waals surface area (Å²) in [5.41, 5.74) is 13.7. The molecule has 2 nitrogen and oxygen atoms in total. The van der Waals surface area contributed by atoms with E-state index in [0.29, 0.717) is 0 Å². The number of nitrogens with zero attached hydrogens (tertiary/aromatic N) is 2. The molecule has 1 aliphatic rings. The average Bonchev–Trinajstić information content (AvgIpc) is 3.72. The minimum atomic E-state index is -0.444. The Morgan fingerprint density at radius 3 is 1.74 bits per heavy atom. The molecule has 3 heteroatoms. The van der Waals surface area contributed by atoms with Gasteiger partial charge in [-0.3, -0.25) is 0 Å². The van der Waals surface area contributed by atoms with Crippen molar-refractivity contribution in [2.45, 2.75) is 5.41 Å². The Morgan fingerprint density at radius 1 is 0.420 bits per heavy atom. The van der Waals surface area contributed by atoms with Crippen LogP contribution in [-0.4, -0.2) is 9.97 Å². The third-order valence-corrected chi connectivity index (χ3v) is 11.3. The Balaban J connectivity index is 1.16. The summed E-state index contributed by atoms with van der Waals surface area (Å²) in [6.07, 6.45) is 0. The molecule has 0 saturated carbocycles. The van der Waals surface area contributed by atoms with Crippen LogP contribution in [0, 0.1) is 0 Å². The van der Waals surface area contributed by atoms with Gasteiger partial charge < -0.3 is 0 Å². The van der Waals surface area contributed by atoms with Crippen LogP contribution < -0.4 is 0 Å². The lowest BCUT2D eigenvalue weighted by molar-refractivity contribution is 0.769. The van der Waals surface area contributed by atoms with Crippen molar-refractivity contribution < 1.29 is 0 Å². The quantitative estimate of drug-likeness (QED) is 0.185. The van der Waals surface area contributed by atoms with Gasteiger partial charge in [-0.25, -0.2) is 9.97 Å². The Bertz CT molecular complexity index is 2660. The van der Waals surface area contributed by atoms with E-state index in [0.717, 1.165) is 44.0 Å². The van der Waals surface area contributed by atoms with Gasteiger partial charge in [-0.2, -0.15) is 0 Å². The lowest BCUT2D eigenvalue weighted by Gasteiger charge is -2.34. The smallest absolute Gasteiger partial charge is 0.160 e. The largest absolute Gasteiger partial charge is 0.226 e. The van der Waals surface area contributed by atoms with Crippen molar-refractivity contribution >= 4 is 31.6 Å². The molecule has 0 spiro atoms. The van der Waals surface area contributed by atoms with Gasteiger partial charge in [0.25, 0.3) is 0 Å². The van der Waals surface area contributed by atoms with Gasteiger partial charge in [-0.1, -0.05) is 164 Å². The minimum Gasteiger partial charge on any atom is -0.226 e. The first-order chi connectivity index (χ1) is 24.8. The second kappa shape index (κ2) is 11.5. The maximum Gasteiger partial charge on any atom is 0.160 e. The van der Waals surface area contributed by atoms with Crippen molar-refractivity contribution in [2.24, 2.45) is 0 Å². The van der Waals surface area contributed by atoms with Crippen LogP contribution in [0.3, 0.4) is 0 Å². The summed E-state index contributed by atoms with van der Waals surface area (Å²) in [6.45, 7) is 0. The van der Waals surface area contributed by atoms with Gasteiger partial charge in [0.2, 0.25) is 0 Å². The van der Waals surface area contributed by atoms with E-state index in [1.807, 2.05) is 0 Å². The molecule has 2 aromatic heterocycles. The standard InChI is InChI=1S/C47H30N2S/c1-3-15-31(16-4-1)43-45-44(39-25-9-12-28-42(39)50-45)49-46(48-43)34-19-13-17-32(29-34)33-18-14-22-36(30-33)47(35-20-5-2-6-21-35)40-26-10-7-23-37(40)38-24-8-11-27-41(38)47/h1-30H. The first kappa shape index (κ1) is 28.8. The molecule has 0 N–H and O–H groups in total. The monoisotopic (exact) mass is 654 g/mol. The lowest BCUT2D eigenvalue weighted by Crippen LogP contribution is -2.28. The zero-order valence-electron chi connectivity index (χ0n) is 27.1. The van der Waals surface area contributed by atoms with Gasteiger partial charge in [0.1, 0.15) is 0 Å². The van der Waals surface area contributed by atoms with Crippen molar-refractivity contribution in [1.82, 2.24) is 9.97 Å². The highest BCUT2D eigenvalue weighted by molar-refractivity contribution is 7.26. The van der Waals surface area contributed by atoms with E-state index >= 15 is 0 Å². The van der Waals surface area contributed by atoms with Gasteiger partial charge >= 0.3 is 0 Å². The normalized spacial score (nSPS) is 13.0. The number of hydrogen-bond acceptors (Lipinski definition) is 3. The first-order valence-electron chi connectivity index (χ1n) is 17.0. The van der Waals surface area contributed by atoms with Crippen LogP contribution in [0.1, 0.15) is 22.3 Å². The molecule has 50 heavy (non-hydrogen) atoms. The third kappa shape index (κ3) is 4.34. The number of aromatic nitrogens is 2. The molecule has 0 fully saturated rings. The van der Waals surface area contributed by atoms with E-state index in [4.69, 9.17) is 9.97 Å². The molecule has 2 heterocycles. The number of rotatable bonds is 5. The van der Waals surface area contributed by atoms with Crippen LogP contribution in [0.5, 0.6) is 0 Å². The van der Waals surface area contributed by atoms with Crippen LogP contribution in [0.15, 0.2) is 182 Å². The Labute approximate surface area is 295 Å². The van der Waals surface area contributed by atoms with E-state index in [1.54, 1.807) is 11.3 Å². The minimum absolute atomic E-state index is 0.444. The number of thiophene rings is 1. The van der Waals surface area contributed by atoms with Crippen molar-refractivity contribution in [2.75, 3.05) is 0 Å². The number of hydrogen-bond donors (Lipinski definition) is 0. The molecule has 7 aromatic carbocycles. The van der Waals surface area contributed by atoms with Crippen molar-refractivity contribution in [1.29, 1.82) is 0 Å². The van der Waals surface area contributed by atoms with E-state index in [-0.39, 0.29) is 0 Å². The molecule has 0 unspecified atom stereocenters. The predicted octanol–water partition coefficient (Wildman–Crippen LogP) is 12.2. The molecule has 0 aliphatic heterocycles. The number of benzene rings is 7. The van der Waals surface area contributed by atoms with E-state index in [2.05, 4.69) is 182 Å². The molecule has 0 atom stereocenters. The van der Waals surface area contributed by atoms with E-state index in [1.165, 1.54) is 43.5 Å². The summed E-state index contributed by atoms with van der Waals surface area (Å²) >= 11 is 1.76. The summed E-state index contributed by atoms with van der Waals surface area (Å²) in [6, 6.07) is 65.6. The number of fused-ring (bicyclic) bond motifs is 6. The van der Waals surface area contributed by atoms with Crippen molar-refractivity contribution in [3.8, 4) is 44.9 Å². The Hall–Kier alpha value is -6.16. The second-order valence-corrected chi connectivity index (χ2v) is 14.0. The van der Waals surface area contributed by atoms with E-state index < -0.39 is 5.41 Å². The average molecular weight is 655 g/mol. The Kier molecular flexibility index (Phi) is 6.61. The second-order valence-electron chi connectivity index (χ2n) is 12.9. The van der Waals surface area contributed by atoms with Gasteiger partial charge in [-0.15, -0.1) is 11.3 Å². The molecule has 0 radical (unpaired) electrons. The molecule has 0 amide bonds. The summed E-state index contributed by atoms with van der Waals surface area (Å²) in [5, 5.41) is 1.17. The van der Waals surface area contributed by atoms with Crippen molar-refractivity contribution in [3.05, 3.63) is 204 Å². The van der Waals surface area contributed by atoms with E-state index in [9.17, 15) is 0 Å². The molecule has 10 rings (SSSR count). The fourth-order valence-corrected chi connectivity index (χ4v) is 9.15. The lowest BCUT2D eigenvalue weighted by atomic mass is 9.67. The summed E-state index contributed by atoms with van der Waals surface area (Å²) < 4.78 is 2.34. The van der Waals surface area contributed by atoms with Gasteiger partial charge in [0, 0.05) is 21.2 Å². The van der Waals surface area contributed by atoms with Gasteiger partial charge in [0.05, 0.1) is 21.3 Å². The van der Waals surface area contributed by atoms with Crippen molar-refractivity contribution in [3.63, 3.8) is 0 Å². The summed E-state index contributed by atoms with van der Waals surface area (Å²) in [5.74, 6) is 0.734. The SMILES string of the molecule is c1ccc(-c2nc(-c3cccc(-c4cccc(C5(c6ccccc6)c6ccccc6-c6ccccc65)c4)c3)nc3c2sc2ccccc23)cc1. The molecule has 0 bridgehead atoms. The molecule has 9 aromatic rings. The maximum atomic E-state index is 5.25. The molecule has 0 saturated heterocycles. The zero-order chi connectivity index (χ0) is 33.1. The highest BCUT2D eigenvalue weighted by Gasteiger charge is 2.45. The molecular formula is C47H30N2S. The van der Waals surface area contributed by atoms with Crippen LogP contribution in [0.25, 0.3) is 65.2 Å². The molecule has 1 aliphatic carbocycles. The van der Waals surface area contributed by atoms with Crippen LogP contribution in [0.2, 0.25) is 0 Å². The predicted molar refractivity (Wildman–Crippen MR) is 209 cm³/mol. The molecule has 234 valence electrons. The van der Waals surface area contributed by atoms with Crippen LogP contribution >= 0.6 is 11.3 Å². The fraction of sp³-hybridized carbons (Fsp3) is 0.0213. The third-order valence-electron chi connectivity index (χ3n) is 10.2. The van der Waals surface area contributed by atoms with Gasteiger partial charge in [0.15, 0.2) is 5.82 Å². The first-order valence-corrected chi connectivity index (χ1v) is 17.8. The molecular weight excluding hydrogens is 625 g/mol. The topological polar surface area (TPSA) is 25.8 Å². The Morgan fingerprint density at radius 2 is 0.980 bits per heavy atom. The summed E-state index contributed by atoms with van der Waals surface area (Å²) in [4.78, 5) is 10.5. The van der Waals surface area contributed by atoms with Gasteiger partial charge in [-0.05, 0) is 62.7 Å². The fourth-order valence-electron chi connectivity index (χ4n) is 7.99. The summed E-state index contributed by atoms with van der Waals surface area (Å²) in [7, 11) is 0.